The van der Waals surface area contributed by atoms with Crippen LogP contribution in [-0.4, -0.2) is 40.9 Å². The van der Waals surface area contributed by atoms with Gasteiger partial charge in [-0.05, 0) is 13.0 Å². The molecule has 2 rings (SSSR count). The van der Waals surface area contributed by atoms with Gasteiger partial charge in [-0.2, -0.15) is 0 Å². The number of aliphatic hydroxyl groups is 1. The Morgan fingerprint density at radius 3 is 2.67 bits per heavy atom. The molecule has 80 valence electrons. The van der Waals surface area contributed by atoms with E-state index < -0.39 is 0 Å². The summed E-state index contributed by atoms with van der Waals surface area (Å²) >= 11 is 1.27. The average molecular weight is 225 g/mol. The molecule has 1 saturated heterocycles. The van der Waals surface area contributed by atoms with Gasteiger partial charge in [0.05, 0.1) is 11.0 Å². The van der Waals surface area contributed by atoms with Crippen molar-refractivity contribution < 1.29 is 14.7 Å². The number of thiophene rings is 1. The maximum atomic E-state index is 11.7. The van der Waals surface area contributed by atoms with Gasteiger partial charge in [-0.3, -0.25) is 9.59 Å². The molecule has 1 aliphatic heterocycles. The molecule has 1 N–H and O–H groups in total. The Kier molecular flexibility index (Phi) is 2.58. The molecule has 0 bridgehead atoms. The highest BCUT2D eigenvalue weighted by molar-refractivity contribution is 7.12. The number of hydrogen-bond donors (Lipinski definition) is 1. The zero-order valence-corrected chi connectivity index (χ0v) is 9.08. The predicted octanol–water partition coefficient (Wildman–Crippen LogP) is 0.767. The molecule has 2 heterocycles. The summed E-state index contributed by atoms with van der Waals surface area (Å²) in [5, 5.41) is 10.7. The molecule has 0 aromatic carbocycles. The summed E-state index contributed by atoms with van der Waals surface area (Å²) in [5.41, 5.74) is 0.574. The van der Waals surface area contributed by atoms with Gasteiger partial charge in [0.25, 0.3) is 5.91 Å². The molecule has 0 radical (unpaired) electrons. The minimum atomic E-state index is -0.388. The number of rotatable bonds is 2. The van der Waals surface area contributed by atoms with Crippen LogP contribution in [0.2, 0.25) is 0 Å². The van der Waals surface area contributed by atoms with E-state index in [4.69, 9.17) is 5.11 Å². The van der Waals surface area contributed by atoms with Crippen LogP contribution in [0.3, 0.4) is 0 Å². The number of carbonyl (C=O) groups is 2. The van der Waals surface area contributed by atoms with Crippen LogP contribution in [0.15, 0.2) is 11.4 Å². The second-order valence-corrected chi connectivity index (χ2v) is 4.53. The summed E-state index contributed by atoms with van der Waals surface area (Å²) in [5.74, 6) is -0.133. The maximum Gasteiger partial charge on any atom is 0.264 e. The Balaban J connectivity index is 2.09. The molecule has 0 spiro atoms. The minimum absolute atomic E-state index is 0.0334. The minimum Gasteiger partial charge on any atom is -0.389 e. The van der Waals surface area contributed by atoms with E-state index in [9.17, 15) is 9.59 Å². The van der Waals surface area contributed by atoms with Gasteiger partial charge in [-0.1, -0.05) is 0 Å². The monoisotopic (exact) mass is 225 g/mol. The summed E-state index contributed by atoms with van der Waals surface area (Å²) in [6.45, 7) is 2.27. The first kappa shape index (κ1) is 10.3. The van der Waals surface area contributed by atoms with Crippen LogP contribution in [0.25, 0.3) is 0 Å². The number of nitrogens with zero attached hydrogens (tertiary/aromatic N) is 1. The van der Waals surface area contributed by atoms with Gasteiger partial charge in [0.15, 0.2) is 5.78 Å². The number of hydrogen-bond acceptors (Lipinski definition) is 4. The van der Waals surface area contributed by atoms with Gasteiger partial charge >= 0.3 is 0 Å². The van der Waals surface area contributed by atoms with E-state index in [2.05, 4.69) is 0 Å². The highest BCUT2D eigenvalue weighted by Gasteiger charge is 2.30. The quantitative estimate of drug-likeness (QED) is 0.756. The zero-order chi connectivity index (χ0) is 11.0. The van der Waals surface area contributed by atoms with Crippen LogP contribution in [0, 0.1) is 0 Å². The van der Waals surface area contributed by atoms with E-state index in [1.54, 1.807) is 16.3 Å². The molecule has 1 fully saturated rings. The van der Waals surface area contributed by atoms with E-state index in [0.29, 0.717) is 23.5 Å². The Morgan fingerprint density at radius 1 is 1.53 bits per heavy atom. The molecule has 1 aliphatic rings. The predicted molar refractivity (Wildman–Crippen MR) is 56.2 cm³/mol. The molecular formula is C10H11NO3S. The standard InChI is InChI=1S/C10H11NO3S/c1-6(12)7-2-9(15-5-7)10(14)11-3-8(13)4-11/h2,5,8,13H,3-4H2,1H3. The molecule has 0 atom stereocenters. The second-order valence-electron chi connectivity index (χ2n) is 3.62. The lowest BCUT2D eigenvalue weighted by Gasteiger charge is -2.35. The van der Waals surface area contributed by atoms with Crippen molar-refractivity contribution >= 4 is 23.0 Å². The highest BCUT2D eigenvalue weighted by atomic mass is 32.1. The van der Waals surface area contributed by atoms with Gasteiger partial charge < -0.3 is 10.0 Å². The van der Waals surface area contributed by atoms with E-state index in [1.807, 2.05) is 0 Å². The number of likely N-dealkylation sites (tertiary alicyclic amines) is 1. The van der Waals surface area contributed by atoms with E-state index in [-0.39, 0.29) is 17.8 Å². The Hall–Kier alpha value is -1.20. The van der Waals surface area contributed by atoms with Crippen LogP contribution in [0.5, 0.6) is 0 Å². The maximum absolute atomic E-state index is 11.7. The number of ketones is 1. The number of aliphatic hydroxyl groups excluding tert-OH is 1. The lowest BCUT2D eigenvalue weighted by molar-refractivity contribution is 0.00623. The molecular weight excluding hydrogens is 214 g/mol. The number of amides is 1. The Bertz CT molecular complexity index is 407. The lowest BCUT2D eigenvalue weighted by atomic mass is 10.1. The number of β-amino-alcohol motifs (C(OH)–C–C–N with tert-alkyl or cyclic N) is 1. The van der Waals surface area contributed by atoms with Crippen molar-refractivity contribution in [2.24, 2.45) is 0 Å². The number of Topliss-reactive ketones (excluding diaryl/α,β-unsaturated/α-hetero) is 1. The largest absolute Gasteiger partial charge is 0.389 e. The highest BCUT2D eigenvalue weighted by Crippen LogP contribution is 2.20. The van der Waals surface area contributed by atoms with Gasteiger partial charge in [-0.25, -0.2) is 0 Å². The van der Waals surface area contributed by atoms with Crippen molar-refractivity contribution in [1.82, 2.24) is 4.90 Å². The van der Waals surface area contributed by atoms with Crippen LogP contribution < -0.4 is 0 Å². The molecule has 1 amide bonds. The van der Waals surface area contributed by atoms with Crippen LogP contribution in [0.4, 0.5) is 0 Å². The fraction of sp³-hybridized carbons (Fsp3) is 0.400. The van der Waals surface area contributed by atoms with Crippen molar-refractivity contribution in [2.75, 3.05) is 13.1 Å². The fourth-order valence-electron chi connectivity index (χ4n) is 1.41. The van der Waals surface area contributed by atoms with Crippen molar-refractivity contribution in [3.8, 4) is 0 Å². The molecule has 0 aliphatic carbocycles. The van der Waals surface area contributed by atoms with Gasteiger partial charge in [0.2, 0.25) is 0 Å². The Labute approximate surface area is 91.1 Å². The average Bonchev–Trinajstić information content (AvgIpc) is 2.60. The molecule has 5 heteroatoms. The van der Waals surface area contributed by atoms with E-state index in [0.717, 1.165) is 0 Å². The molecule has 1 aromatic heterocycles. The summed E-state index contributed by atoms with van der Waals surface area (Å²) in [7, 11) is 0. The SMILES string of the molecule is CC(=O)c1csc(C(=O)N2CC(O)C2)c1. The Morgan fingerprint density at radius 2 is 2.20 bits per heavy atom. The topological polar surface area (TPSA) is 57.6 Å². The first-order valence-corrected chi connectivity index (χ1v) is 5.52. The summed E-state index contributed by atoms with van der Waals surface area (Å²) in [4.78, 5) is 24.9. The van der Waals surface area contributed by atoms with E-state index >= 15 is 0 Å². The molecule has 15 heavy (non-hydrogen) atoms. The van der Waals surface area contributed by atoms with Gasteiger partial charge in [0, 0.05) is 24.0 Å². The first-order valence-electron chi connectivity index (χ1n) is 4.64. The number of carbonyl (C=O) groups excluding carboxylic acids is 2. The summed E-state index contributed by atoms with van der Waals surface area (Å²) in [6, 6.07) is 1.61. The third-order valence-corrected chi connectivity index (χ3v) is 3.28. The zero-order valence-electron chi connectivity index (χ0n) is 8.27. The van der Waals surface area contributed by atoms with Crippen molar-refractivity contribution in [3.63, 3.8) is 0 Å². The van der Waals surface area contributed by atoms with Crippen molar-refractivity contribution in [3.05, 3.63) is 21.9 Å². The van der Waals surface area contributed by atoms with Crippen LogP contribution in [-0.2, 0) is 0 Å². The molecule has 1 aromatic rings. The molecule has 0 saturated carbocycles. The van der Waals surface area contributed by atoms with Crippen molar-refractivity contribution in [2.45, 2.75) is 13.0 Å². The van der Waals surface area contributed by atoms with Gasteiger partial charge in [0.1, 0.15) is 0 Å². The van der Waals surface area contributed by atoms with Crippen LogP contribution in [0.1, 0.15) is 27.0 Å². The van der Waals surface area contributed by atoms with Crippen LogP contribution >= 0.6 is 11.3 Å². The fourth-order valence-corrected chi connectivity index (χ4v) is 2.32. The van der Waals surface area contributed by atoms with E-state index in [1.165, 1.54) is 18.3 Å². The molecule has 0 unspecified atom stereocenters. The third kappa shape index (κ3) is 1.93. The lowest BCUT2D eigenvalue weighted by Crippen LogP contribution is -2.53. The summed E-state index contributed by atoms with van der Waals surface area (Å²) in [6.07, 6.45) is -0.388. The van der Waals surface area contributed by atoms with Crippen molar-refractivity contribution in [1.29, 1.82) is 0 Å². The van der Waals surface area contributed by atoms with Gasteiger partial charge in [-0.15, -0.1) is 11.3 Å². The third-order valence-electron chi connectivity index (χ3n) is 2.37. The summed E-state index contributed by atoms with van der Waals surface area (Å²) < 4.78 is 0. The molecule has 4 nitrogen and oxygen atoms in total. The normalized spacial score (nSPS) is 16.3. The first-order chi connectivity index (χ1) is 7.08. The smallest absolute Gasteiger partial charge is 0.264 e. The second kappa shape index (κ2) is 3.75.